The summed E-state index contributed by atoms with van der Waals surface area (Å²) in [4.78, 5) is 33.0. The zero-order valence-electron chi connectivity index (χ0n) is 16.5. The lowest BCUT2D eigenvalue weighted by molar-refractivity contribution is -0.130. The fraction of sp³-hybridized carbons (Fsp3) is 0.208. The zero-order chi connectivity index (χ0) is 20.9. The van der Waals surface area contributed by atoms with E-state index in [-0.39, 0.29) is 17.6 Å². The van der Waals surface area contributed by atoms with Crippen LogP contribution in [0.1, 0.15) is 22.3 Å². The average molecular weight is 403 g/mol. The van der Waals surface area contributed by atoms with Gasteiger partial charge in [-0.25, -0.2) is 4.39 Å². The van der Waals surface area contributed by atoms with Crippen molar-refractivity contribution in [3.63, 3.8) is 0 Å². The first-order chi connectivity index (χ1) is 14.6. The normalized spacial score (nSPS) is 14.5. The molecule has 0 N–H and O–H groups in total. The van der Waals surface area contributed by atoms with E-state index in [1.807, 2.05) is 24.3 Å². The summed E-state index contributed by atoms with van der Waals surface area (Å²) in [5.41, 5.74) is 3.41. The van der Waals surface area contributed by atoms with E-state index in [0.717, 1.165) is 16.7 Å². The van der Waals surface area contributed by atoms with Gasteiger partial charge in [-0.05, 0) is 53.1 Å². The van der Waals surface area contributed by atoms with Gasteiger partial charge in [-0.15, -0.1) is 0 Å². The highest BCUT2D eigenvalue weighted by Crippen LogP contribution is 2.21. The van der Waals surface area contributed by atoms with Crippen LogP contribution in [0.5, 0.6) is 0 Å². The number of carbonyl (C=O) groups excluding carboxylic acids is 2. The first-order valence-electron chi connectivity index (χ1n) is 9.92. The van der Waals surface area contributed by atoms with Crippen LogP contribution in [-0.4, -0.2) is 46.2 Å². The van der Waals surface area contributed by atoms with Crippen molar-refractivity contribution in [3.05, 3.63) is 90.0 Å². The van der Waals surface area contributed by atoms with Crippen molar-refractivity contribution in [1.29, 1.82) is 0 Å². The smallest absolute Gasteiger partial charge is 0.253 e. The third-order valence-electron chi connectivity index (χ3n) is 5.31. The summed E-state index contributed by atoms with van der Waals surface area (Å²) in [6.07, 6.45) is 3.73. The molecule has 2 heterocycles. The first-order valence-corrected chi connectivity index (χ1v) is 9.92. The molecule has 1 aromatic heterocycles. The Labute approximate surface area is 174 Å². The summed E-state index contributed by atoms with van der Waals surface area (Å²) in [5, 5.41) is 0. The second-order valence-electron chi connectivity index (χ2n) is 7.30. The molecular weight excluding hydrogens is 381 g/mol. The highest BCUT2D eigenvalue weighted by Gasteiger charge is 2.24. The molecule has 2 aromatic carbocycles. The fourth-order valence-electron chi connectivity index (χ4n) is 3.58. The number of carbonyl (C=O) groups is 2. The van der Waals surface area contributed by atoms with E-state index in [1.165, 1.54) is 12.1 Å². The van der Waals surface area contributed by atoms with E-state index < -0.39 is 0 Å². The van der Waals surface area contributed by atoms with Crippen LogP contribution in [0.25, 0.3) is 11.1 Å². The minimum Gasteiger partial charge on any atom is -0.337 e. The molecule has 1 aliphatic rings. The number of benzene rings is 2. The largest absolute Gasteiger partial charge is 0.337 e. The molecule has 1 saturated heterocycles. The van der Waals surface area contributed by atoms with Crippen LogP contribution in [0, 0.1) is 5.82 Å². The molecule has 3 aromatic rings. The summed E-state index contributed by atoms with van der Waals surface area (Å²) in [6, 6.07) is 17.3. The summed E-state index contributed by atoms with van der Waals surface area (Å²) < 4.78 is 13.1. The van der Waals surface area contributed by atoms with Crippen molar-refractivity contribution >= 4 is 11.8 Å². The highest BCUT2D eigenvalue weighted by molar-refractivity contribution is 5.95. The van der Waals surface area contributed by atoms with Crippen LogP contribution in [0.2, 0.25) is 0 Å². The third-order valence-corrected chi connectivity index (χ3v) is 5.31. The van der Waals surface area contributed by atoms with Crippen LogP contribution < -0.4 is 0 Å². The van der Waals surface area contributed by atoms with Gasteiger partial charge in [0.05, 0.1) is 0 Å². The van der Waals surface area contributed by atoms with E-state index in [9.17, 15) is 14.0 Å². The molecule has 0 aliphatic carbocycles. The van der Waals surface area contributed by atoms with Crippen molar-refractivity contribution in [2.75, 3.05) is 19.6 Å². The molecule has 0 saturated carbocycles. The monoisotopic (exact) mass is 403 g/mol. The SMILES string of the molecule is O=C1CCN(C(=O)c2ccc(-c3ccc(F)cc3)cc2)CCN1Cc1ccncc1. The quantitative estimate of drug-likeness (QED) is 0.667. The predicted octanol–water partition coefficient (Wildman–Crippen LogP) is 3.76. The molecule has 2 amide bonds. The number of pyridine rings is 1. The van der Waals surface area contributed by atoms with Crippen LogP contribution >= 0.6 is 0 Å². The van der Waals surface area contributed by atoms with Crippen molar-refractivity contribution in [2.45, 2.75) is 13.0 Å². The maximum Gasteiger partial charge on any atom is 0.253 e. The summed E-state index contributed by atoms with van der Waals surface area (Å²) in [5.74, 6) is -0.313. The highest BCUT2D eigenvalue weighted by atomic mass is 19.1. The minimum absolute atomic E-state index is 0.0498. The van der Waals surface area contributed by atoms with Gasteiger partial charge < -0.3 is 9.80 Å². The summed E-state index contributed by atoms with van der Waals surface area (Å²) in [7, 11) is 0. The summed E-state index contributed by atoms with van der Waals surface area (Å²) in [6.45, 7) is 1.93. The molecule has 4 rings (SSSR count). The van der Waals surface area contributed by atoms with E-state index in [2.05, 4.69) is 4.98 Å². The van der Waals surface area contributed by atoms with Gasteiger partial charge in [-0.3, -0.25) is 14.6 Å². The molecular formula is C24H22FN3O2. The van der Waals surface area contributed by atoms with E-state index in [0.29, 0.717) is 38.2 Å². The van der Waals surface area contributed by atoms with Gasteiger partial charge in [0.1, 0.15) is 5.82 Å². The van der Waals surface area contributed by atoms with Crippen molar-refractivity contribution in [3.8, 4) is 11.1 Å². The molecule has 1 aliphatic heterocycles. The Balaban J connectivity index is 1.42. The predicted molar refractivity (Wildman–Crippen MR) is 112 cm³/mol. The van der Waals surface area contributed by atoms with Crippen molar-refractivity contribution in [2.24, 2.45) is 0 Å². The maximum atomic E-state index is 13.1. The molecule has 0 unspecified atom stereocenters. The van der Waals surface area contributed by atoms with Crippen LogP contribution in [0.4, 0.5) is 4.39 Å². The number of aromatic nitrogens is 1. The van der Waals surface area contributed by atoms with Gasteiger partial charge in [-0.2, -0.15) is 0 Å². The number of nitrogens with zero attached hydrogens (tertiary/aromatic N) is 3. The lowest BCUT2D eigenvalue weighted by Crippen LogP contribution is -2.35. The number of hydrogen-bond donors (Lipinski definition) is 0. The van der Waals surface area contributed by atoms with Crippen molar-refractivity contribution in [1.82, 2.24) is 14.8 Å². The maximum absolute atomic E-state index is 13.1. The number of rotatable bonds is 4. The Morgan fingerprint density at radius 2 is 1.50 bits per heavy atom. The molecule has 6 heteroatoms. The van der Waals surface area contributed by atoms with Gasteiger partial charge in [0.15, 0.2) is 0 Å². The second-order valence-corrected chi connectivity index (χ2v) is 7.30. The van der Waals surface area contributed by atoms with Gasteiger partial charge in [0, 0.05) is 50.6 Å². The third kappa shape index (κ3) is 4.54. The molecule has 1 fully saturated rings. The minimum atomic E-state index is -0.278. The zero-order valence-corrected chi connectivity index (χ0v) is 16.5. The Morgan fingerprint density at radius 3 is 2.17 bits per heavy atom. The molecule has 0 atom stereocenters. The Morgan fingerprint density at radius 1 is 0.867 bits per heavy atom. The lowest BCUT2D eigenvalue weighted by Gasteiger charge is -2.22. The van der Waals surface area contributed by atoms with Crippen LogP contribution in [0.3, 0.4) is 0 Å². The molecule has 0 spiro atoms. The Bertz CT molecular complexity index is 1020. The van der Waals surface area contributed by atoms with E-state index in [1.54, 1.807) is 46.5 Å². The Hall–Kier alpha value is -3.54. The molecule has 5 nitrogen and oxygen atoms in total. The lowest BCUT2D eigenvalue weighted by atomic mass is 10.0. The van der Waals surface area contributed by atoms with E-state index in [4.69, 9.17) is 0 Å². The van der Waals surface area contributed by atoms with E-state index >= 15 is 0 Å². The Kier molecular flexibility index (Phi) is 5.84. The average Bonchev–Trinajstić information content (AvgIpc) is 2.96. The first kappa shape index (κ1) is 19.8. The van der Waals surface area contributed by atoms with Crippen LogP contribution in [-0.2, 0) is 11.3 Å². The van der Waals surface area contributed by atoms with Crippen molar-refractivity contribution < 1.29 is 14.0 Å². The number of amides is 2. The van der Waals surface area contributed by atoms with Gasteiger partial charge in [-0.1, -0.05) is 24.3 Å². The number of hydrogen-bond acceptors (Lipinski definition) is 3. The van der Waals surface area contributed by atoms with Crippen LogP contribution in [0.15, 0.2) is 73.1 Å². The fourth-order valence-corrected chi connectivity index (χ4v) is 3.58. The van der Waals surface area contributed by atoms with Gasteiger partial charge in [0.25, 0.3) is 5.91 Å². The second kappa shape index (κ2) is 8.86. The van der Waals surface area contributed by atoms with Gasteiger partial charge in [0.2, 0.25) is 5.91 Å². The number of halogens is 1. The summed E-state index contributed by atoms with van der Waals surface area (Å²) >= 11 is 0. The molecule has 152 valence electrons. The molecule has 0 radical (unpaired) electrons. The topological polar surface area (TPSA) is 53.5 Å². The molecule has 30 heavy (non-hydrogen) atoms. The standard InChI is InChI=1S/C24H22FN3O2/c25-22-7-5-20(6-8-22)19-1-3-21(4-2-19)24(30)27-14-11-23(29)28(16-15-27)17-18-9-12-26-13-10-18/h1-10,12-13H,11,14-17H2. The molecule has 0 bridgehead atoms. The van der Waals surface area contributed by atoms with Gasteiger partial charge >= 0.3 is 0 Å².